The Balaban J connectivity index is 2.64. The molecular formula is C13H26N4O2S. The molecule has 116 valence electrons. The lowest BCUT2D eigenvalue weighted by molar-refractivity contribution is 0.561. The van der Waals surface area contributed by atoms with Crippen molar-refractivity contribution in [1.82, 2.24) is 19.8 Å². The summed E-state index contributed by atoms with van der Waals surface area (Å²) in [7, 11) is -3.16. The van der Waals surface area contributed by atoms with Crippen LogP contribution in [-0.4, -0.2) is 37.0 Å². The highest BCUT2D eigenvalue weighted by molar-refractivity contribution is 7.89. The maximum absolute atomic E-state index is 11.6. The number of rotatable bonds is 8. The molecule has 1 aromatic heterocycles. The molecule has 0 saturated carbocycles. The smallest absolute Gasteiger partial charge is 0.212 e. The Morgan fingerprint density at radius 2 is 1.95 bits per heavy atom. The van der Waals surface area contributed by atoms with Crippen LogP contribution in [0.5, 0.6) is 0 Å². The molecule has 0 aromatic carbocycles. The fourth-order valence-corrected chi connectivity index (χ4v) is 3.42. The lowest BCUT2D eigenvalue weighted by atomic mass is 10.1. The Morgan fingerprint density at radius 3 is 2.45 bits per heavy atom. The van der Waals surface area contributed by atoms with E-state index in [9.17, 15) is 8.42 Å². The van der Waals surface area contributed by atoms with E-state index < -0.39 is 10.0 Å². The van der Waals surface area contributed by atoms with Crippen molar-refractivity contribution in [3.63, 3.8) is 0 Å². The first kappa shape index (κ1) is 17.1. The maximum Gasteiger partial charge on any atom is 0.212 e. The van der Waals surface area contributed by atoms with Gasteiger partial charge in [0.15, 0.2) is 0 Å². The van der Waals surface area contributed by atoms with Gasteiger partial charge in [-0.15, -0.1) is 0 Å². The van der Waals surface area contributed by atoms with Crippen LogP contribution >= 0.6 is 0 Å². The summed E-state index contributed by atoms with van der Waals surface area (Å²) in [4.78, 5) is 0. The van der Waals surface area contributed by atoms with Gasteiger partial charge >= 0.3 is 0 Å². The quantitative estimate of drug-likeness (QED) is 0.754. The fraction of sp³-hybridized carbons (Fsp3) is 0.769. The molecule has 1 heterocycles. The number of aromatic nitrogens is 2. The molecule has 2 N–H and O–H groups in total. The molecule has 0 aliphatic heterocycles. The topological polar surface area (TPSA) is 76.0 Å². The standard InChI is InChI=1S/C13H26N4O2S/c1-6-15-20(18,19)9-8-14-10(3)13-11(4)16-17(7-2)12(13)5/h10,14-15H,6-9H2,1-5H3. The Morgan fingerprint density at radius 1 is 1.30 bits per heavy atom. The first-order valence-corrected chi connectivity index (χ1v) is 8.72. The third-order valence-electron chi connectivity index (χ3n) is 3.36. The van der Waals surface area contributed by atoms with Gasteiger partial charge in [-0.2, -0.15) is 5.10 Å². The van der Waals surface area contributed by atoms with Crippen molar-refractivity contribution < 1.29 is 8.42 Å². The summed E-state index contributed by atoms with van der Waals surface area (Å²) in [5.74, 6) is 0.0885. The van der Waals surface area contributed by atoms with Crippen molar-refractivity contribution in [3.8, 4) is 0 Å². The summed E-state index contributed by atoms with van der Waals surface area (Å²) in [6, 6.07) is 0.0899. The minimum atomic E-state index is -3.16. The van der Waals surface area contributed by atoms with Crippen LogP contribution in [0.15, 0.2) is 0 Å². The zero-order valence-electron chi connectivity index (χ0n) is 13.0. The van der Waals surface area contributed by atoms with E-state index in [1.807, 2.05) is 25.5 Å². The highest BCUT2D eigenvalue weighted by Crippen LogP contribution is 2.21. The van der Waals surface area contributed by atoms with E-state index in [0.29, 0.717) is 13.1 Å². The maximum atomic E-state index is 11.6. The van der Waals surface area contributed by atoms with Gasteiger partial charge in [-0.1, -0.05) is 6.92 Å². The molecule has 1 atom stereocenters. The molecule has 1 aromatic rings. The van der Waals surface area contributed by atoms with Gasteiger partial charge in [-0.05, 0) is 27.7 Å². The van der Waals surface area contributed by atoms with Crippen molar-refractivity contribution in [3.05, 3.63) is 17.0 Å². The van der Waals surface area contributed by atoms with Crippen molar-refractivity contribution in [2.75, 3.05) is 18.8 Å². The normalized spacial score (nSPS) is 13.7. The molecule has 1 rings (SSSR count). The molecule has 0 spiro atoms. The second kappa shape index (κ2) is 7.19. The average Bonchev–Trinajstić information content (AvgIpc) is 2.63. The average molecular weight is 302 g/mol. The van der Waals surface area contributed by atoms with Gasteiger partial charge in [0.25, 0.3) is 0 Å². The Labute approximate surface area is 122 Å². The van der Waals surface area contributed by atoms with Gasteiger partial charge in [0, 0.05) is 36.9 Å². The van der Waals surface area contributed by atoms with Crippen LogP contribution in [0, 0.1) is 13.8 Å². The third kappa shape index (κ3) is 4.29. The van der Waals surface area contributed by atoms with E-state index in [4.69, 9.17) is 0 Å². The van der Waals surface area contributed by atoms with Gasteiger partial charge in [-0.25, -0.2) is 13.1 Å². The molecule has 0 bridgehead atoms. The molecule has 7 heteroatoms. The molecule has 0 amide bonds. The summed E-state index contributed by atoms with van der Waals surface area (Å²) in [6.45, 7) is 11.6. The van der Waals surface area contributed by atoms with Gasteiger partial charge in [-0.3, -0.25) is 4.68 Å². The number of nitrogens with one attached hydrogen (secondary N) is 2. The van der Waals surface area contributed by atoms with E-state index in [1.165, 1.54) is 0 Å². The van der Waals surface area contributed by atoms with Crippen molar-refractivity contribution in [2.24, 2.45) is 0 Å². The zero-order valence-corrected chi connectivity index (χ0v) is 13.8. The highest BCUT2D eigenvalue weighted by Gasteiger charge is 2.17. The van der Waals surface area contributed by atoms with Crippen LogP contribution in [0.1, 0.15) is 43.8 Å². The summed E-state index contributed by atoms with van der Waals surface area (Å²) >= 11 is 0. The number of nitrogens with zero attached hydrogens (tertiary/aromatic N) is 2. The first-order valence-electron chi connectivity index (χ1n) is 7.07. The Bertz CT molecular complexity index is 537. The predicted octanol–water partition coefficient (Wildman–Crippen LogP) is 1.11. The number of hydrogen-bond acceptors (Lipinski definition) is 4. The molecule has 0 fully saturated rings. The fourth-order valence-electron chi connectivity index (χ4n) is 2.45. The van der Waals surface area contributed by atoms with Gasteiger partial charge in [0.05, 0.1) is 11.4 Å². The number of hydrogen-bond donors (Lipinski definition) is 2. The molecular weight excluding hydrogens is 276 g/mol. The van der Waals surface area contributed by atoms with E-state index in [-0.39, 0.29) is 11.8 Å². The lowest BCUT2D eigenvalue weighted by Crippen LogP contribution is -2.33. The molecule has 20 heavy (non-hydrogen) atoms. The number of sulfonamides is 1. The third-order valence-corrected chi connectivity index (χ3v) is 4.83. The Hall–Kier alpha value is -0.920. The zero-order chi connectivity index (χ0) is 15.3. The van der Waals surface area contributed by atoms with Crippen molar-refractivity contribution >= 4 is 10.0 Å². The minimum Gasteiger partial charge on any atom is -0.309 e. The van der Waals surface area contributed by atoms with Crippen LogP contribution in [-0.2, 0) is 16.6 Å². The lowest BCUT2D eigenvalue weighted by Gasteiger charge is -2.15. The second-order valence-electron chi connectivity index (χ2n) is 4.89. The van der Waals surface area contributed by atoms with Gasteiger partial charge in [0.1, 0.15) is 0 Å². The summed E-state index contributed by atoms with van der Waals surface area (Å²) < 4.78 is 27.6. The molecule has 0 saturated heterocycles. The van der Waals surface area contributed by atoms with Crippen LogP contribution in [0.4, 0.5) is 0 Å². The summed E-state index contributed by atoms with van der Waals surface area (Å²) in [6.07, 6.45) is 0. The second-order valence-corrected chi connectivity index (χ2v) is 6.82. The largest absolute Gasteiger partial charge is 0.309 e. The van der Waals surface area contributed by atoms with Crippen molar-refractivity contribution in [2.45, 2.75) is 47.2 Å². The van der Waals surface area contributed by atoms with E-state index >= 15 is 0 Å². The van der Waals surface area contributed by atoms with Crippen LogP contribution < -0.4 is 10.0 Å². The monoisotopic (exact) mass is 302 g/mol. The molecule has 6 nitrogen and oxygen atoms in total. The van der Waals surface area contributed by atoms with Crippen LogP contribution in [0.25, 0.3) is 0 Å². The van der Waals surface area contributed by atoms with E-state index in [0.717, 1.165) is 23.5 Å². The summed E-state index contributed by atoms with van der Waals surface area (Å²) in [5.41, 5.74) is 3.30. The molecule has 0 aliphatic carbocycles. The summed E-state index contributed by atoms with van der Waals surface area (Å²) in [5, 5.41) is 7.74. The first-order chi connectivity index (χ1) is 9.32. The molecule has 1 unspecified atom stereocenters. The van der Waals surface area contributed by atoms with Crippen LogP contribution in [0.3, 0.4) is 0 Å². The molecule has 0 radical (unpaired) electrons. The highest BCUT2D eigenvalue weighted by atomic mass is 32.2. The van der Waals surface area contributed by atoms with Crippen molar-refractivity contribution in [1.29, 1.82) is 0 Å². The van der Waals surface area contributed by atoms with E-state index in [2.05, 4.69) is 22.1 Å². The molecule has 0 aliphatic rings. The minimum absolute atomic E-state index is 0.0885. The van der Waals surface area contributed by atoms with E-state index in [1.54, 1.807) is 6.92 Å². The SMILES string of the molecule is CCNS(=O)(=O)CCNC(C)c1c(C)nn(CC)c1C. The Kier molecular flexibility index (Phi) is 6.16. The van der Waals surface area contributed by atoms with Gasteiger partial charge < -0.3 is 5.32 Å². The number of aryl methyl sites for hydroxylation is 2. The van der Waals surface area contributed by atoms with Gasteiger partial charge in [0.2, 0.25) is 10.0 Å². The van der Waals surface area contributed by atoms with Crippen LogP contribution in [0.2, 0.25) is 0 Å². The predicted molar refractivity (Wildman–Crippen MR) is 81.3 cm³/mol.